The van der Waals surface area contributed by atoms with Crippen molar-refractivity contribution in [2.75, 3.05) is 13.7 Å². The Morgan fingerprint density at radius 3 is 2.21 bits per heavy atom. The molecule has 0 heterocycles. The monoisotopic (exact) mass is 396 g/mol. The third-order valence-corrected chi connectivity index (χ3v) is 9.51. The van der Waals surface area contributed by atoms with Crippen LogP contribution in [-0.2, 0) is 0 Å². The zero-order chi connectivity index (χ0) is 20.9. The second kappa shape index (κ2) is 10.3. The molecule has 28 heavy (non-hydrogen) atoms. The molecule has 0 aliphatic heterocycles. The molecular weight excluding hydrogens is 348 g/mol. The summed E-state index contributed by atoms with van der Waals surface area (Å²) in [4.78, 5) is 0. The molecule has 0 bridgehead atoms. The zero-order valence-electron chi connectivity index (χ0n) is 19.3. The van der Waals surface area contributed by atoms with Crippen LogP contribution >= 0.6 is 0 Å². The maximum absolute atomic E-state index is 11.1. The third-order valence-electron chi connectivity index (χ3n) is 9.51. The predicted octanol–water partition coefficient (Wildman–Crippen LogP) is 5.41. The molecule has 3 nitrogen and oxygen atoms in total. The van der Waals surface area contributed by atoms with Crippen LogP contribution in [0, 0.1) is 40.4 Å². The van der Waals surface area contributed by atoms with Gasteiger partial charge >= 0.3 is 0 Å². The quantitative estimate of drug-likeness (QED) is 0.597. The summed E-state index contributed by atoms with van der Waals surface area (Å²) in [7, 11) is 1.00. The molecule has 4 fully saturated rings. The topological polar surface area (TPSA) is 60.7 Å². The van der Waals surface area contributed by atoms with Gasteiger partial charge in [0, 0.05) is 13.7 Å². The number of fused-ring (bicyclic) bond motifs is 5. The van der Waals surface area contributed by atoms with Crippen molar-refractivity contribution in [1.82, 2.24) is 0 Å². The van der Waals surface area contributed by atoms with Crippen molar-refractivity contribution in [2.45, 2.75) is 104 Å². The van der Waals surface area contributed by atoms with Gasteiger partial charge in [-0.1, -0.05) is 40.5 Å². The van der Waals surface area contributed by atoms with E-state index >= 15 is 0 Å². The van der Waals surface area contributed by atoms with Gasteiger partial charge in [0.15, 0.2) is 0 Å². The standard InChI is InChI=1S/C22H38O2.C2H6.CH4O/c1-21-11-4-3-6-16(21)14-19(24)20-17-9-8-15(7-5-13-23)22(17,2)12-10-18(20)21;2*1-2/h15-20,23-24H,3-14H2,1-2H3;1-2H3;2H,1H3. The Morgan fingerprint density at radius 2 is 1.54 bits per heavy atom. The first kappa shape index (κ1) is 24.2. The average molecular weight is 397 g/mol. The van der Waals surface area contributed by atoms with E-state index in [0.717, 1.165) is 43.6 Å². The Hall–Kier alpha value is -0.120. The van der Waals surface area contributed by atoms with Crippen molar-refractivity contribution in [3.63, 3.8) is 0 Å². The number of hydrogen-bond donors (Lipinski definition) is 3. The van der Waals surface area contributed by atoms with E-state index in [2.05, 4.69) is 13.8 Å². The van der Waals surface area contributed by atoms with E-state index in [1.54, 1.807) is 0 Å². The molecule has 4 rings (SSSR count). The summed E-state index contributed by atoms with van der Waals surface area (Å²) in [5, 5.41) is 27.4. The van der Waals surface area contributed by atoms with Crippen molar-refractivity contribution in [3.8, 4) is 0 Å². The number of rotatable bonds is 3. The molecule has 4 aliphatic carbocycles. The first-order valence-corrected chi connectivity index (χ1v) is 12.2. The normalized spacial score (nSPS) is 46.7. The van der Waals surface area contributed by atoms with Crippen LogP contribution in [0.5, 0.6) is 0 Å². The van der Waals surface area contributed by atoms with Crippen molar-refractivity contribution in [3.05, 3.63) is 0 Å². The lowest BCUT2D eigenvalue weighted by atomic mass is 9.44. The lowest BCUT2D eigenvalue weighted by molar-refractivity contribution is -0.162. The molecule has 0 aromatic heterocycles. The minimum Gasteiger partial charge on any atom is -0.400 e. The molecule has 0 aromatic rings. The fraction of sp³-hybridized carbons (Fsp3) is 1.00. The van der Waals surface area contributed by atoms with Gasteiger partial charge < -0.3 is 15.3 Å². The van der Waals surface area contributed by atoms with Crippen LogP contribution in [0.1, 0.15) is 98.3 Å². The highest BCUT2D eigenvalue weighted by atomic mass is 16.3. The Bertz CT molecular complexity index is 467. The second-order valence-electron chi connectivity index (χ2n) is 10.2. The van der Waals surface area contributed by atoms with Crippen LogP contribution in [0.25, 0.3) is 0 Å². The molecule has 0 aromatic carbocycles. The number of aliphatic hydroxyl groups excluding tert-OH is 3. The van der Waals surface area contributed by atoms with E-state index in [0.29, 0.717) is 23.4 Å². The van der Waals surface area contributed by atoms with Crippen LogP contribution in [-0.4, -0.2) is 35.1 Å². The SMILES string of the molecule is CC.CC12CCC3C(C(O)CC4CCCCC43C)C1CCC2CCCO.CO. The minimum absolute atomic E-state index is 0.0487. The van der Waals surface area contributed by atoms with Gasteiger partial charge in [0.2, 0.25) is 0 Å². The first-order valence-electron chi connectivity index (χ1n) is 12.2. The lowest BCUT2D eigenvalue weighted by Crippen LogP contribution is -2.57. The van der Waals surface area contributed by atoms with Crippen molar-refractivity contribution < 1.29 is 15.3 Å². The Kier molecular flexibility index (Phi) is 8.85. The van der Waals surface area contributed by atoms with Gasteiger partial charge in [-0.05, 0) is 98.2 Å². The highest BCUT2D eigenvalue weighted by Crippen LogP contribution is 2.67. The largest absolute Gasteiger partial charge is 0.400 e. The molecule has 3 N–H and O–H groups in total. The van der Waals surface area contributed by atoms with Crippen LogP contribution in [0.15, 0.2) is 0 Å². The second-order valence-corrected chi connectivity index (χ2v) is 10.2. The van der Waals surface area contributed by atoms with E-state index in [1.165, 1.54) is 57.8 Å². The minimum atomic E-state index is -0.0487. The summed E-state index contributed by atoms with van der Waals surface area (Å²) in [6.07, 6.45) is 14.1. The molecule has 3 heteroatoms. The van der Waals surface area contributed by atoms with Crippen LogP contribution < -0.4 is 0 Å². The smallest absolute Gasteiger partial charge is 0.0577 e. The van der Waals surface area contributed by atoms with Gasteiger partial charge in [-0.25, -0.2) is 0 Å². The van der Waals surface area contributed by atoms with Gasteiger partial charge in [-0.2, -0.15) is 0 Å². The molecule has 0 amide bonds. The molecule has 0 saturated heterocycles. The Labute approximate surface area is 174 Å². The maximum Gasteiger partial charge on any atom is 0.0577 e. The van der Waals surface area contributed by atoms with Crippen LogP contribution in [0.4, 0.5) is 0 Å². The van der Waals surface area contributed by atoms with E-state index < -0.39 is 0 Å². The van der Waals surface area contributed by atoms with Gasteiger partial charge in [0.1, 0.15) is 0 Å². The Morgan fingerprint density at radius 1 is 0.857 bits per heavy atom. The van der Waals surface area contributed by atoms with Gasteiger partial charge in [-0.15, -0.1) is 0 Å². The molecule has 4 aliphatic rings. The highest BCUT2D eigenvalue weighted by Gasteiger charge is 2.61. The molecule has 0 radical (unpaired) electrons. The molecule has 4 saturated carbocycles. The predicted molar refractivity (Wildman–Crippen MR) is 117 cm³/mol. The van der Waals surface area contributed by atoms with Crippen molar-refractivity contribution >= 4 is 0 Å². The van der Waals surface area contributed by atoms with Gasteiger partial charge in [0.25, 0.3) is 0 Å². The summed E-state index contributed by atoms with van der Waals surface area (Å²) in [6, 6.07) is 0. The third kappa shape index (κ3) is 4.05. The molecule has 166 valence electrons. The molecule has 8 atom stereocenters. The summed E-state index contributed by atoms with van der Waals surface area (Å²) >= 11 is 0. The fourth-order valence-electron chi connectivity index (χ4n) is 8.18. The number of hydrogen-bond acceptors (Lipinski definition) is 3. The fourth-order valence-corrected chi connectivity index (χ4v) is 8.18. The first-order chi connectivity index (χ1) is 13.5. The van der Waals surface area contributed by atoms with E-state index in [-0.39, 0.29) is 6.10 Å². The number of aliphatic hydroxyl groups is 3. The average Bonchev–Trinajstić information content (AvgIpc) is 3.06. The van der Waals surface area contributed by atoms with E-state index in [4.69, 9.17) is 5.11 Å². The van der Waals surface area contributed by atoms with Crippen molar-refractivity contribution in [2.24, 2.45) is 40.4 Å². The van der Waals surface area contributed by atoms with E-state index in [1.807, 2.05) is 13.8 Å². The van der Waals surface area contributed by atoms with Gasteiger partial charge in [-0.3, -0.25) is 0 Å². The lowest BCUT2D eigenvalue weighted by Gasteiger charge is -2.62. The Balaban J connectivity index is 0.000000660. The molecule has 0 spiro atoms. The van der Waals surface area contributed by atoms with E-state index in [9.17, 15) is 10.2 Å². The maximum atomic E-state index is 11.1. The molecular formula is C25H48O3. The van der Waals surface area contributed by atoms with Crippen molar-refractivity contribution in [1.29, 1.82) is 0 Å². The van der Waals surface area contributed by atoms with Crippen LogP contribution in [0.3, 0.4) is 0 Å². The summed E-state index contributed by atoms with van der Waals surface area (Å²) < 4.78 is 0. The zero-order valence-corrected chi connectivity index (χ0v) is 19.3. The summed E-state index contributed by atoms with van der Waals surface area (Å²) in [5.41, 5.74) is 0.932. The summed E-state index contributed by atoms with van der Waals surface area (Å²) in [5.74, 6) is 3.61. The summed E-state index contributed by atoms with van der Waals surface area (Å²) in [6.45, 7) is 9.46. The molecule has 8 unspecified atom stereocenters. The highest BCUT2D eigenvalue weighted by molar-refractivity contribution is 5.10. The van der Waals surface area contributed by atoms with Gasteiger partial charge in [0.05, 0.1) is 6.10 Å². The van der Waals surface area contributed by atoms with Crippen LogP contribution in [0.2, 0.25) is 0 Å².